The van der Waals surface area contributed by atoms with Gasteiger partial charge in [-0.25, -0.2) is 0 Å². The lowest BCUT2D eigenvalue weighted by Crippen LogP contribution is -2.15. The van der Waals surface area contributed by atoms with E-state index in [2.05, 4.69) is 5.32 Å². The number of nitrogens with two attached hydrogens (primary N) is 2. The third-order valence-electron chi connectivity index (χ3n) is 2.76. The standard InChI is InChI=1S/C15H17N3O2/c16-14-7-6-11(10-13(14)15(17)19)18-8-9-20-12-4-2-1-3-5-12/h1-7,10,18H,8-9,16H2,(H2,17,19). The summed E-state index contributed by atoms with van der Waals surface area (Å²) < 4.78 is 5.55. The molecule has 0 aliphatic heterocycles. The normalized spacial score (nSPS) is 10.0. The van der Waals surface area contributed by atoms with Crippen LogP contribution in [0.1, 0.15) is 10.4 Å². The number of para-hydroxylation sites is 1. The van der Waals surface area contributed by atoms with Crippen LogP contribution < -0.4 is 21.5 Å². The maximum atomic E-state index is 11.2. The first-order valence-corrected chi connectivity index (χ1v) is 6.28. The van der Waals surface area contributed by atoms with Gasteiger partial charge in [-0.1, -0.05) is 18.2 Å². The summed E-state index contributed by atoms with van der Waals surface area (Å²) >= 11 is 0. The van der Waals surface area contributed by atoms with E-state index in [0.717, 1.165) is 11.4 Å². The molecule has 104 valence electrons. The molecule has 0 aromatic heterocycles. The molecule has 5 nitrogen and oxygen atoms in total. The van der Waals surface area contributed by atoms with Crippen LogP contribution in [0, 0.1) is 0 Å². The maximum absolute atomic E-state index is 11.2. The van der Waals surface area contributed by atoms with E-state index in [1.165, 1.54) is 0 Å². The highest BCUT2D eigenvalue weighted by molar-refractivity contribution is 5.98. The number of hydrogen-bond acceptors (Lipinski definition) is 4. The number of carbonyl (C=O) groups excluding carboxylic acids is 1. The molecule has 0 bridgehead atoms. The number of nitrogens with one attached hydrogen (secondary N) is 1. The van der Waals surface area contributed by atoms with Crippen molar-refractivity contribution in [2.75, 3.05) is 24.2 Å². The van der Waals surface area contributed by atoms with Gasteiger partial charge in [0.25, 0.3) is 5.91 Å². The number of nitrogen functional groups attached to an aromatic ring is 1. The van der Waals surface area contributed by atoms with E-state index in [0.29, 0.717) is 24.4 Å². The zero-order valence-corrected chi connectivity index (χ0v) is 11.0. The van der Waals surface area contributed by atoms with Crippen LogP contribution in [0.15, 0.2) is 48.5 Å². The molecule has 0 spiro atoms. The van der Waals surface area contributed by atoms with Crippen molar-refractivity contribution in [3.63, 3.8) is 0 Å². The fraction of sp³-hybridized carbons (Fsp3) is 0.133. The van der Waals surface area contributed by atoms with Crippen LogP contribution in [-0.4, -0.2) is 19.1 Å². The van der Waals surface area contributed by atoms with Gasteiger partial charge in [0.1, 0.15) is 12.4 Å². The molecule has 2 aromatic carbocycles. The molecular formula is C15H17N3O2. The van der Waals surface area contributed by atoms with Crippen molar-refractivity contribution in [1.29, 1.82) is 0 Å². The van der Waals surface area contributed by atoms with Crippen molar-refractivity contribution >= 4 is 17.3 Å². The number of carbonyl (C=O) groups is 1. The molecule has 20 heavy (non-hydrogen) atoms. The summed E-state index contributed by atoms with van der Waals surface area (Å²) in [7, 11) is 0. The highest BCUT2D eigenvalue weighted by Crippen LogP contribution is 2.17. The average Bonchev–Trinajstić information content (AvgIpc) is 2.46. The number of primary amides is 1. The quantitative estimate of drug-likeness (QED) is 0.552. The second-order valence-electron chi connectivity index (χ2n) is 4.25. The third kappa shape index (κ3) is 3.65. The number of ether oxygens (including phenoxy) is 1. The highest BCUT2D eigenvalue weighted by Gasteiger charge is 2.06. The second kappa shape index (κ2) is 6.47. The van der Waals surface area contributed by atoms with Gasteiger partial charge < -0.3 is 21.5 Å². The lowest BCUT2D eigenvalue weighted by atomic mass is 10.1. The zero-order chi connectivity index (χ0) is 14.4. The minimum Gasteiger partial charge on any atom is -0.492 e. The van der Waals surface area contributed by atoms with Crippen molar-refractivity contribution in [2.45, 2.75) is 0 Å². The molecule has 5 heteroatoms. The lowest BCUT2D eigenvalue weighted by Gasteiger charge is -2.10. The molecule has 5 N–H and O–H groups in total. The predicted octanol–water partition coefficient (Wildman–Crippen LogP) is 1.86. The monoisotopic (exact) mass is 271 g/mol. The van der Waals surface area contributed by atoms with E-state index >= 15 is 0 Å². The van der Waals surface area contributed by atoms with Crippen LogP contribution in [0.3, 0.4) is 0 Å². The molecule has 0 aliphatic rings. The van der Waals surface area contributed by atoms with Crippen LogP contribution in [0.5, 0.6) is 5.75 Å². The minimum atomic E-state index is -0.535. The Labute approximate surface area is 117 Å². The van der Waals surface area contributed by atoms with E-state index in [1.54, 1.807) is 18.2 Å². The average molecular weight is 271 g/mol. The Hall–Kier alpha value is -2.69. The van der Waals surface area contributed by atoms with E-state index in [-0.39, 0.29) is 0 Å². The van der Waals surface area contributed by atoms with Gasteiger partial charge in [-0.05, 0) is 30.3 Å². The van der Waals surface area contributed by atoms with Gasteiger partial charge in [0.2, 0.25) is 0 Å². The predicted molar refractivity (Wildman–Crippen MR) is 79.8 cm³/mol. The molecule has 2 aromatic rings. The number of anilines is 2. The number of rotatable bonds is 6. The Morgan fingerprint density at radius 2 is 1.90 bits per heavy atom. The third-order valence-corrected chi connectivity index (χ3v) is 2.76. The topological polar surface area (TPSA) is 90.4 Å². The van der Waals surface area contributed by atoms with Crippen LogP contribution in [0.25, 0.3) is 0 Å². The Morgan fingerprint density at radius 1 is 1.15 bits per heavy atom. The Balaban J connectivity index is 1.85. The largest absolute Gasteiger partial charge is 0.492 e. The molecule has 0 radical (unpaired) electrons. The Morgan fingerprint density at radius 3 is 2.60 bits per heavy atom. The van der Waals surface area contributed by atoms with Gasteiger partial charge in [0, 0.05) is 17.9 Å². The fourth-order valence-corrected chi connectivity index (χ4v) is 1.76. The number of amides is 1. The summed E-state index contributed by atoms with van der Waals surface area (Å²) in [6.45, 7) is 1.12. The van der Waals surface area contributed by atoms with Crippen molar-refractivity contribution < 1.29 is 9.53 Å². The van der Waals surface area contributed by atoms with Crippen LogP contribution in [0.2, 0.25) is 0 Å². The first-order valence-electron chi connectivity index (χ1n) is 6.28. The van der Waals surface area contributed by atoms with Gasteiger partial charge >= 0.3 is 0 Å². The molecule has 0 fully saturated rings. The highest BCUT2D eigenvalue weighted by atomic mass is 16.5. The van der Waals surface area contributed by atoms with Crippen molar-refractivity contribution in [3.05, 3.63) is 54.1 Å². The number of benzene rings is 2. The smallest absolute Gasteiger partial charge is 0.250 e. The second-order valence-corrected chi connectivity index (χ2v) is 4.25. The van der Waals surface area contributed by atoms with Crippen LogP contribution in [0.4, 0.5) is 11.4 Å². The molecule has 0 heterocycles. The van der Waals surface area contributed by atoms with Crippen molar-refractivity contribution in [2.24, 2.45) is 5.73 Å². The van der Waals surface area contributed by atoms with Crippen LogP contribution in [-0.2, 0) is 0 Å². The van der Waals surface area contributed by atoms with Gasteiger partial charge in [-0.2, -0.15) is 0 Å². The Kier molecular flexibility index (Phi) is 4.44. The first kappa shape index (κ1) is 13.7. The molecule has 0 saturated heterocycles. The molecule has 0 aliphatic carbocycles. The first-order chi connectivity index (χ1) is 9.66. The molecule has 1 amide bonds. The van der Waals surface area contributed by atoms with E-state index in [9.17, 15) is 4.79 Å². The summed E-state index contributed by atoms with van der Waals surface area (Å²) in [5.41, 5.74) is 12.4. The lowest BCUT2D eigenvalue weighted by molar-refractivity contribution is 0.100. The van der Waals surface area contributed by atoms with Crippen LogP contribution >= 0.6 is 0 Å². The molecule has 0 saturated carbocycles. The SMILES string of the molecule is NC(=O)c1cc(NCCOc2ccccc2)ccc1N. The van der Waals surface area contributed by atoms with Gasteiger partial charge in [-0.3, -0.25) is 4.79 Å². The molecule has 2 rings (SSSR count). The van der Waals surface area contributed by atoms with Gasteiger partial charge in [0.05, 0.1) is 5.56 Å². The summed E-state index contributed by atoms with van der Waals surface area (Å²) in [5.74, 6) is 0.288. The molecule has 0 atom stereocenters. The summed E-state index contributed by atoms with van der Waals surface area (Å²) in [4.78, 5) is 11.2. The van der Waals surface area contributed by atoms with Crippen molar-refractivity contribution in [1.82, 2.24) is 0 Å². The zero-order valence-electron chi connectivity index (χ0n) is 11.0. The van der Waals surface area contributed by atoms with Gasteiger partial charge in [-0.15, -0.1) is 0 Å². The van der Waals surface area contributed by atoms with E-state index in [4.69, 9.17) is 16.2 Å². The number of hydrogen-bond donors (Lipinski definition) is 3. The van der Waals surface area contributed by atoms with Gasteiger partial charge in [0.15, 0.2) is 0 Å². The summed E-state index contributed by atoms with van der Waals surface area (Å²) in [5, 5.41) is 3.15. The van der Waals surface area contributed by atoms with E-state index in [1.807, 2.05) is 30.3 Å². The van der Waals surface area contributed by atoms with E-state index < -0.39 is 5.91 Å². The Bertz CT molecular complexity index is 585. The maximum Gasteiger partial charge on any atom is 0.250 e. The summed E-state index contributed by atoms with van der Waals surface area (Å²) in [6.07, 6.45) is 0. The fourth-order valence-electron chi connectivity index (χ4n) is 1.76. The molecular weight excluding hydrogens is 254 g/mol. The minimum absolute atomic E-state index is 0.318. The summed E-state index contributed by atoms with van der Waals surface area (Å²) in [6, 6.07) is 14.7. The molecule has 0 unspecified atom stereocenters. The van der Waals surface area contributed by atoms with Crippen molar-refractivity contribution in [3.8, 4) is 5.75 Å².